The Kier molecular flexibility index (Phi) is 5.23. The molecule has 2 aromatic heterocycles. The first kappa shape index (κ1) is 16.6. The predicted octanol–water partition coefficient (Wildman–Crippen LogP) is 5.65. The molecule has 3 nitrogen and oxygen atoms in total. The number of nitrogens with one attached hydrogen (secondary N) is 1. The third-order valence-corrected chi connectivity index (χ3v) is 5.14. The van der Waals surface area contributed by atoms with Crippen molar-refractivity contribution in [2.75, 3.05) is 5.32 Å². The fourth-order valence-electron chi connectivity index (χ4n) is 2.19. The Labute approximate surface area is 149 Å². The van der Waals surface area contributed by atoms with Crippen LogP contribution in [0.4, 0.5) is 5.13 Å². The van der Waals surface area contributed by atoms with Crippen LogP contribution in [0.2, 0.25) is 0 Å². The molecule has 1 aromatic carbocycles. The van der Waals surface area contributed by atoms with E-state index in [1.807, 2.05) is 22.9 Å². The van der Waals surface area contributed by atoms with Gasteiger partial charge in [-0.3, -0.25) is 10.1 Å². The highest BCUT2D eigenvalue weighted by Crippen LogP contribution is 2.26. The number of carbonyl (C=O) groups excluding carboxylic acids is 1. The van der Waals surface area contributed by atoms with Gasteiger partial charge in [-0.15, -0.1) is 22.7 Å². The SMILES string of the molecule is CC(C)c1ccc(-c2csc(NC(=O)C=Cc3cccs3)n2)cc1. The zero-order chi connectivity index (χ0) is 16.9. The van der Waals surface area contributed by atoms with Crippen LogP contribution >= 0.6 is 22.7 Å². The largest absolute Gasteiger partial charge is 0.298 e. The number of thiophene rings is 1. The van der Waals surface area contributed by atoms with Crippen LogP contribution in [0.25, 0.3) is 17.3 Å². The molecule has 1 N–H and O–H groups in total. The summed E-state index contributed by atoms with van der Waals surface area (Å²) in [5.41, 5.74) is 3.25. The third-order valence-electron chi connectivity index (χ3n) is 3.55. The Morgan fingerprint density at radius 2 is 1.96 bits per heavy atom. The number of anilines is 1. The Morgan fingerprint density at radius 1 is 1.17 bits per heavy atom. The van der Waals surface area contributed by atoms with E-state index < -0.39 is 0 Å². The predicted molar refractivity (Wildman–Crippen MR) is 104 cm³/mol. The number of nitrogens with zero attached hydrogens (tertiary/aromatic N) is 1. The van der Waals surface area contributed by atoms with Crippen molar-refractivity contribution in [2.24, 2.45) is 0 Å². The van der Waals surface area contributed by atoms with Crippen molar-refractivity contribution in [1.29, 1.82) is 0 Å². The van der Waals surface area contributed by atoms with Gasteiger partial charge in [0, 0.05) is 21.9 Å². The van der Waals surface area contributed by atoms with E-state index in [0.29, 0.717) is 11.0 Å². The van der Waals surface area contributed by atoms with Crippen LogP contribution in [-0.2, 0) is 4.79 Å². The van der Waals surface area contributed by atoms with Crippen LogP contribution in [-0.4, -0.2) is 10.9 Å². The standard InChI is InChI=1S/C19H18N2OS2/c1-13(2)14-5-7-15(8-6-14)17-12-24-19(20-17)21-18(22)10-9-16-4-3-11-23-16/h3-13H,1-2H3,(H,20,21,22). The number of aromatic nitrogens is 1. The minimum atomic E-state index is -0.167. The van der Waals surface area contributed by atoms with Crippen LogP contribution < -0.4 is 5.32 Å². The summed E-state index contributed by atoms with van der Waals surface area (Å²) in [7, 11) is 0. The van der Waals surface area contributed by atoms with Crippen LogP contribution in [0.3, 0.4) is 0 Å². The molecule has 3 rings (SSSR count). The van der Waals surface area contributed by atoms with Crippen molar-refractivity contribution in [3.8, 4) is 11.3 Å². The summed E-state index contributed by atoms with van der Waals surface area (Å²) < 4.78 is 0. The number of rotatable bonds is 5. The second-order valence-corrected chi connectivity index (χ2v) is 7.49. The van der Waals surface area contributed by atoms with Gasteiger partial charge in [-0.2, -0.15) is 0 Å². The normalized spacial score (nSPS) is 11.3. The molecule has 5 heteroatoms. The molecule has 0 radical (unpaired) electrons. The fourth-order valence-corrected chi connectivity index (χ4v) is 3.53. The summed E-state index contributed by atoms with van der Waals surface area (Å²) in [4.78, 5) is 17.5. The molecule has 0 bridgehead atoms. The second-order valence-electron chi connectivity index (χ2n) is 5.65. The first-order valence-electron chi connectivity index (χ1n) is 7.70. The average Bonchev–Trinajstić information content (AvgIpc) is 3.25. The van der Waals surface area contributed by atoms with Crippen LogP contribution in [0.15, 0.2) is 53.2 Å². The van der Waals surface area contributed by atoms with Gasteiger partial charge in [0.05, 0.1) is 5.69 Å². The molecule has 3 aromatic rings. The number of thiazole rings is 1. The number of carbonyl (C=O) groups is 1. The molecular weight excluding hydrogens is 336 g/mol. The van der Waals surface area contributed by atoms with Crippen LogP contribution in [0, 0.1) is 0 Å². The maximum atomic E-state index is 11.9. The summed E-state index contributed by atoms with van der Waals surface area (Å²) in [6.07, 6.45) is 3.34. The van der Waals surface area contributed by atoms with Gasteiger partial charge in [0.15, 0.2) is 5.13 Å². The molecule has 0 aliphatic rings. The minimum absolute atomic E-state index is 0.167. The lowest BCUT2D eigenvalue weighted by Gasteiger charge is -2.05. The first-order valence-corrected chi connectivity index (χ1v) is 9.46. The van der Waals surface area contributed by atoms with Gasteiger partial charge in [-0.05, 0) is 29.0 Å². The van der Waals surface area contributed by atoms with Gasteiger partial charge in [0.1, 0.15) is 0 Å². The minimum Gasteiger partial charge on any atom is -0.298 e. The Balaban J connectivity index is 1.65. The number of hydrogen-bond acceptors (Lipinski definition) is 4. The van der Waals surface area contributed by atoms with Crippen molar-refractivity contribution in [3.05, 3.63) is 63.7 Å². The smallest absolute Gasteiger partial charge is 0.250 e. The lowest BCUT2D eigenvalue weighted by Crippen LogP contribution is -2.07. The van der Waals surface area contributed by atoms with Gasteiger partial charge < -0.3 is 0 Å². The number of amides is 1. The number of benzene rings is 1. The second kappa shape index (κ2) is 7.55. The summed E-state index contributed by atoms with van der Waals surface area (Å²) in [6, 6.07) is 12.3. The summed E-state index contributed by atoms with van der Waals surface area (Å²) in [5, 5.41) is 7.36. The highest BCUT2D eigenvalue weighted by Gasteiger charge is 2.07. The molecule has 2 heterocycles. The molecular formula is C19H18N2OS2. The van der Waals surface area contributed by atoms with E-state index in [2.05, 4.69) is 48.4 Å². The van der Waals surface area contributed by atoms with Gasteiger partial charge in [-0.1, -0.05) is 44.2 Å². The molecule has 0 fully saturated rings. The molecule has 0 spiro atoms. The van der Waals surface area contributed by atoms with E-state index in [0.717, 1.165) is 16.1 Å². The zero-order valence-corrected chi connectivity index (χ0v) is 15.2. The van der Waals surface area contributed by atoms with E-state index >= 15 is 0 Å². The molecule has 1 amide bonds. The van der Waals surface area contributed by atoms with E-state index in [9.17, 15) is 4.79 Å². The Hall–Kier alpha value is -2.24. The molecule has 0 unspecified atom stereocenters. The van der Waals surface area contributed by atoms with Gasteiger partial charge in [0.2, 0.25) is 5.91 Å². The van der Waals surface area contributed by atoms with Gasteiger partial charge >= 0.3 is 0 Å². The van der Waals surface area contributed by atoms with Crippen LogP contribution in [0.1, 0.15) is 30.2 Å². The molecule has 0 aliphatic carbocycles. The topological polar surface area (TPSA) is 42.0 Å². The maximum absolute atomic E-state index is 11.9. The lowest BCUT2D eigenvalue weighted by atomic mass is 10.0. The van der Waals surface area contributed by atoms with Crippen molar-refractivity contribution >= 4 is 39.8 Å². The highest BCUT2D eigenvalue weighted by atomic mass is 32.1. The molecule has 24 heavy (non-hydrogen) atoms. The van der Waals surface area contributed by atoms with E-state index in [-0.39, 0.29) is 5.91 Å². The Bertz CT molecular complexity index is 831. The monoisotopic (exact) mass is 354 g/mol. The first-order chi connectivity index (χ1) is 11.6. The summed E-state index contributed by atoms with van der Waals surface area (Å²) in [6.45, 7) is 4.35. The van der Waals surface area contributed by atoms with Crippen molar-refractivity contribution in [1.82, 2.24) is 4.98 Å². The average molecular weight is 354 g/mol. The molecule has 0 aliphatic heterocycles. The van der Waals surface area contributed by atoms with Crippen molar-refractivity contribution < 1.29 is 4.79 Å². The molecule has 0 saturated carbocycles. The molecule has 0 atom stereocenters. The Morgan fingerprint density at radius 3 is 2.62 bits per heavy atom. The highest BCUT2D eigenvalue weighted by molar-refractivity contribution is 7.14. The van der Waals surface area contributed by atoms with Gasteiger partial charge in [-0.25, -0.2) is 4.98 Å². The van der Waals surface area contributed by atoms with Gasteiger partial charge in [0.25, 0.3) is 0 Å². The van der Waals surface area contributed by atoms with E-state index in [4.69, 9.17) is 0 Å². The summed E-state index contributed by atoms with van der Waals surface area (Å²) in [5.74, 6) is 0.346. The van der Waals surface area contributed by atoms with E-state index in [1.54, 1.807) is 17.4 Å². The molecule has 122 valence electrons. The lowest BCUT2D eigenvalue weighted by molar-refractivity contribution is -0.111. The number of hydrogen-bond donors (Lipinski definition) is 1. The summed E-state index contributed by atoms with van der Waals surface area (Å²) >= 11 is 3.03. The van der Waals surface area contributed by atoms with Crippen molar-refractivity contribution in [2.45, 2.75) is 19.8 Å². The fraction of sp³-hybridized carbons (Fsp3) is 0.158. The zero-order valence-electron chi connectivity index (χ0n) is 13.5. The van der Waals surface area contributed by atoms with Crippen molar-refractivity contribution in [3.63, 3.8) is 0 Å². The quantitative estimate of drug-likeness (QED) is 0.602. The maximum Gasteiger partial charge on any atom is 0.250 e. The van der Waals surface area contributed by atoms with Crippen LogP contribution in [0.5, 0.6) is 0 Å². The van der Waals surface area contributed by atoms with E-state index in [1.165, 1.54) is 23.0 Å². The molecule has 0 saturated heterocycles. The third kappa shape index (κ3) is 4.19.